The van der Waals surface area contributed by atoms with Crippen molar-refractivity contribution in [2.24, 2.45) is 0 Å². The van der Waals surface area contributed by atoms with Crippen LogP contribution in [-0.4, -0.2) is 56.6 Å². The highest BCUT2D eigenvalue weighted by molar-refractivity contribution is 7.19. The third-order valence-corrected chi connectivity index (χ3v) is 6.51. The number of halogens is 1. The first-order chi connectivity index (χ1) is 16.5. The van der Waals surface area contributed by atoms with Crippen LogP contribution in [0.4, 0.5) is 15.1 Å². The Kier molecular flexibility index (Phi) is 6.88. The maximum Gasteiger partial charge on any atom is 0.407 e. The molecule has 1 aliphatic heterocycles. The van der Waals surface area contributed by atoms with E-state index in [1.165, 1.54) is 17.4 Å². The van der Waals surface area contributed by atoms with Gasteiger partial charge in [0.1, 0.15) is 11.4 Å². The van der Waals surface area contributed by atoms with E-state index >= 15 is 0 Å². The molecule has 1 fully saturated rings. The van der Waals surface area contributed by atoms with Crippen LogP contribution in [0.15, 0.2) is 24.5 Å². The van der Waals surface area contributed by atoms with Gasteiger partial charge in [-0.3, -0.25) is 9.78 Å². The number of aromatic nitrogens is 3. The molecule has 2 N–H and O–H groups in total. The van der Waals surface area contributed by atoms with Crippen molar-refractivity contribution in [3.05, 3.63) is 46.5 Å². The Morgan fingerprint density at radius 2 is 2.03 bits per heavy atom. The minimum Gasteiger partial charge on any atom is -0.444 e. The summed E-state index contributed by atoms with van der Waals surface area (Å²) in [6.07, 6.45) is 2.84. The standard InChI is InChI=1S/C24H29FN6O3S/c1-13-8-18-20(35-13)19(30-22(29-18)27-14(2)15-9-16(25)11-26-10-15)21(32)31-7-6-17(12-31)28-23(33)34-24(3,4)5/h8-11,14,17H,6-7,12H2,1-5H3,(H,28,33)(H,27,29,30)/t14-,17+/m0/s1. The van der Waals surface area contributed by atoms with E-state index < -0.39 is 17.5 Å². The van der Waals surface area contributed by atoms with E-state index in [-0.39, 0.29) is 23.9 Å². The molecule has 4 heterocycles. The summed E-state index contributed by atoms with van der Waals surface area (Å²) >= 11 is 1.46. The molecular weight excluding hydrogens is 471 g/mol. The number of ether oxygens (including phenoxy) is 1. The molecule has 0 bridgehead atoms. The van der Waals surface area contributed by atoms with Gasteiger partial charge in [-0.05, 0) is 58.7 Å². The number of fused-ring (bicyclic) bond motifs is 1. The zero-order valence-corrected chi connectivity index (χ0v) is 21.2. The average Bonchev–Trinajstić information content (AvgIpc) is 3.36. The van der Waals surface area contributed by atoms with Crippen LogP contribution in [0.3, 0.4) is 0 Å². The van der Waals surface area contributed by atoms with Gasteiger partial charge in [0.2, 0.25) is 5.95 Å². The highest BCUT2D eigenvalue weighted by atomic mass is 32.1. The Hall–Kier alpha value is -3.34. The Morgan fingerprint density at radius 1 is 1.26 bits per heavy atom. The molecule has 0 radical (unpaired) electrons. The molecule has 9 nitrogen and oxygen atoms in total. The monoisotopic (exact) mass is 500 g/mol. The average molecular weight is 501 g/mol. The van der Waals surface area contributed by atoms with Gasteiger partial charge in [0.15, 0.2) is 5.69 Å². The summed E-state index contributed by atoms with van der Waals surface area (Å²) in [6.45, 7) is 10.1. The maximum absolute atomic E-state index is 13.6. The van der Waals surface area contributed by atoms with Crippen molar-refractivity contribution in [1.82, 2.24) is 25.2 Å². The van der Waals surface area contributed by atoms with E-state index in [1.807, 2.05) is 19.9 Å². The first-order valence-electron chi connectivity index (χ1n) is 11.4. The summed E-state index contributed by atoms with van der Waals surface area (Å²) < 4.78 is 19.6. The van der Waals surface area contributed by atoms with E-state index in [1.54, 1.807) is 31.9 Å². The number of amides is 2. The number of alkyl carbamates (subject to hydrolysis) is 1. The summed E-state index contributed by atoms with van der Waals surface area (Å²) in [6, 6.07) is 2.78. The summed E-state index contributed by atoms with van der Waals surface area (Å²) in [5, 5.41) is 6.00. The normalized spacial score (nSPS) is 16.9. The van der Waals surface area contributed by atoms with Gasteiger partial charge in [0.05, 0.1) is 28.5 Å². The second kappa shape index (κ2) is 9.73. The fourth-order valence-corrected chi connectivity index (χ4v) is 4.82. The number of aryl methyl sites for hydroxylation is 1. The molecule has 1 saturated heterocycles. The molecule has 2 atom stereocenters. The molecule has 186 valence electrons. The molecule has 1 aliphatic rings. The lowest BCUT2D eigenvalue weighted by Gasteiger charge is -2.22. The van der Waals surface area contributed by atoms with Crippen molar-refractivity contribution in [3.63, 3.8) is 0 Å². The summed E-state index contributed by atoms with van der Waals surface area (Å²) in [7, 11) is 0. The molecule has 0 unspecified atom stereocenters. The molecule has 3 aromatic rings. The lowest BCUT2D eigenvalue weighted by atomic mass is 10.1. The van der Waals surface area contributed by atoms with Crippen molar-refractivity contribution in [3.8, 4) is 0 Å². The topological polar surface area (TPSA) is 109 Å². The van der Waals surface area contributed by atoms with Crippen LogP contribution in [0.2, 0.25) is 0 Å². The number of hydrogen-bond donors (Lipinski definition) is 2. The Morgan fingerprint density at radius 3 is 2.74 bits per heavy atom. The first-order valence-corrected chi connectivity index (χ1v) is 12.2. The number of carbonyl (C=O) groups is 2. The quantitative estimate of drug-likeness (QED) is 0.533. The van der Waals surface area contributed by atoms with Gasteiger partial charge >= 0.3 is 6.09 Å². The fourth-order valence-electron chi connectivity index (χ4n) is 3.89. The van der Waals surface area contributed by atoms with Gasteiger partial charge in [0.25, 0.3) is 5.91 Å². The first kappa shape index (κ1) is 24.8. The second-order valence-corrected chi connectivity index (χ2v) is 10.9. The van der Waals surface area contributed by atoms with Gasteiger partial charge in [0, 0.05) is 24.2 Å². The van der Waals surface area contributed by atoms with Crippen molar-refractivity contribution in [2.75, 3.05) is 18.4 Å². The minimum absolute atomic E-state index is 0.200. The van der Waals surface area contributed by atoms with Crippen LogP contribution in [0.5, 0.6) is 0 Å². The van der Waals surface area contributed by atoms with Gasteiger partial charge < -0.3 is 20.3 Å². The molecule has 0 spiro atoms. The van der Waals surface area contributed by atoms with Gasteiger partial charge in [-0.2, -0.15) is 0 Å². The van der Waals surface area contributed by atoms with E-state index in [9.17, 15) is 14.0 Å². The van der Waals surface area contributed by atoms with Crippen molar-refractivity contribution in [1.29, 1.82) is 0 Å². The Labute approximate surface area is 207 Å². The zero-order valence-electron chi connectivity index (χ0n) is 20.4. The minimum atomic E-state index is -0.593. The SMILES string of the molecule is Cc1cc2nc(N[C@@H](C)c3cncc(F)c3)nc(C(=O)N3CC[C@@H](NC(=O)OC(C)(C)C)C3)c2s1. The predicted molar refractivity (Wildman–Crippen MR) is 132 cm³/mol. The number of anilines is 1. The van der Waals surface area contributed by atoms with Crippen LogP contribution < -0.4 is 10.6 Å². The fraction of sp³-hybridized carbons (Fsp3) is 0.458. The third kappa shape index (κ3) is 6.02. The molecule has 0 saturated carbocycles. The smallest absolute Gasteiger partial charge is 0.407 e. The molecule has 3 aromatic heterocycles. The predicted octanol–water partition coefficient (Wildman–Crippen LogP) is 4.45. The number of carbonyl (C=O) groups excluding carboxylic acids is 2. The molecule has 0 aromatic carbocycles. The highest BCUT2D eigenvalue weighted by Crippen LogP contribution is 2.30. The van der Waals surface area contributed by atoms with Gasteiger partial charge in [-0.15, -0.1) is 11.3 Å². The highest BCUT2D eigenvalue weighted by Gasteiger charge is 2.31. The Bertz CT molecular complexity index is 1260. The number of hydrogen-bond acceptors (Lipinski definition) is 8. The van der Waals surface area contributed by atoms with Gasteiger partial charge in [-0.25, -0.2) is 19.2 Å². The largest absolute Gasteiger partial charge is 0.444 e. The molecule has 35 heavy (non-hydrogen) atoms. The van der Waals surface area contributed by atoms with E-state index in [4.69, 9.17) is 4.74 Å². The van der Waals surface area contributed by atoms with E-state index in [0.717, 1.165) is 11.1 Å². The molecule has 0 aliphatic carbocycles. The Balaban J connectivity index is 1.53. The number of rotatable bonds is 5. The van der Waals surface area contributed by atoms with Crippen LogP contribution in [0.25, 0.3) is 10.2 Å². The van der Waals surface area contributed by atoms with Crippen molar-refractivity contribution >= 4 is 39.5 Å². The summed E-state index contributed by atoms with van der Waals surface area (Å²) in [4.78, 5) is 41.3. The van der Waals surface area contributed by atoms with Gasteiger partial charge in [-0.1, -0.05) is 0 Å². The number of likely N-dealkylation sites (tertiary alicyclic amines) is 1. The lowest BCUT2D eigenvalue weighted by Crippen LogP contribution is -2.41. The molecular formula is C24H29FN6O3S. The van der Waals surface area contributed by atoms with Crippen molar-refractivity contribution < 1.29 is 18.7 Å². The van der Waals surface area contributed by atoms with E-state index in [2.05, 4.69) is 25.6 Å². The molecule has 4 rings (SSSR count). The number of pyridine rings is 1. The molecule has 11 heteroatoms. The summed E-state index contributed by atoms with van der Waals surface area (Å²) in [5.74, 6) is -0.380. The summed E-state index contributed by atoms with van der Waals surface area (Å²) in [5.41, 5.74) is 1.02. The zero-order chi connectivity index (χ0) is 25.3. The van der Waals surface area contributed by atoms with Crippen molar-refractivity contribution in [2.45, 2.75) is 58.7 Å². The second-order valence-electron chi connectivity index (χ2n) is 9.65. The number of nitrogens with one attached hydrogen (secondary N) is 2. The third-order valence-electron chi connectivity index (χ3n) is 5.47. The number of nitrogens with zero attached hydrogens (tertiary/aromatic N) is 4. The van der Waals surface area contributed by atoms with E-state index in [0.29, 0.717) is 41.0 Å². The van der Waals surface area contributed by atoms with Crippen LogP contribution in [-0.2, 0) is 4.74 Å². The molecule has 2 amide bonds. The van der Waals surface area contributed by atoms with Crippen LogP contribution in [0, 0.1) is 12.7 Å². The lowest BCUT2D eigenvalue weighted by molar-refractivity contribution is 0.0502. The number of thiophene rings is 1. The van der Waals surface area contributed by atoms with Crippen LogP contribution in [0.1, 0.15) is 61.1 Å². The van der Waals surface area contributed by atoms with Crippen LogP contribution >= 0.6 is 11.3 Å². The maximum atomic E-state index is 13.6.